The molecule has 2 heterocycles. The molecular weight excluding hydrogens is 132 g/mol. The number of nitrogens with zero attached hydrogens (tertiary/aromatic N) is 2. The van der Waals surface area contributed by atoms with Gasteiger partial charge < -0.3 is 9.62 Å². The molecule has 0 unspecified atom stereocenters. The molecule has 4 heteroatoms. The molecule has 0 spiro atoms. The lowest BCUT2D eigenvalue weighted by Crippen LogP contribution is -2.23. The Hall–Kier alpha value is -1.58. The highest BCUT2D eigenvalue weighted by Gasteiger charge is 1.99. The largest absolute Gasteiger partial charge is 0.619 e. The van der Waals surface area contributed by atoms with Crippen LogP contribution in [-0.2, 0) is 0 Å². The van der Waals surface area contributed by atoms with E-state index in [1.54, 1.807) is 6.07 Å². The second-order valence-corrected chi connectivity index (χ2v) is 1.91. The molecule has 0 bridgehead atoms. The van der Waals surface area contributed by atoms with Crippen LogP contribution in [0.2, 0.25) is 0 Å². The van der Waals surface area contributed by atoms with Crippen LogP contribution in [0.15, 0.2) is 29.3 Å². The molecular formula is C6H4N2O2. The molecule has 2 aromatic heterocycles. The molecule has 0 aromatic carbocycles. The Labute approximate surface area is 56.3 Å². The van der Waals surface area contributed by atoms with E-state index in [1.807, 2.05) is 0 Å². The zero-order valence-electron chi connectivity index (χ0n) is 5.02. The van der Waals surface area contributed by atoms with Gasteiger partial charge in [0.15, 0.2) is 23.7 Å². The van der Waals surface area contributed by atoms with Gasteiger partial charge in [0.25, 0.3) is 0 Å². The van der Waals surface area contributed by atoms with Crippen LogP contribution < -0.4 is 4.73 Å². The third-order valence-electron chi connectivity index (χ3n) is 1.25. The number of aromatic nitrogens is 2. The molecule has 0 aliphatic carbocycles. The van der Waals surface area contributed by atoms with Crippen molar-refractivity contribution in [2.24, 2.45) is 0 Å². The van der Waals surface area contributed by atoms with E-state index in [-0.39, 0.29) is 0 Å². The molecule has 0 radical (unpaired) electrons. The van der Waals surface area contributed by atoms with Crippen LogP contribution in [0.5, 0.6) is 0 Å². The Morgan fingerprint density at radius 3 is 3.40 bits per heavy atom. The van der Waals surface area contributed by atoms with Crippen LogP contribution in [-0.4, -0.2) is 4.98 Å². The summed E-state index contributed by atoms with van der Waals surface area (Å²) >= 11 is 0. The number of rotatable bonds is 0. The molecule has 4 nitrogen and oxygen atoms in total. The normalized spacial score (nSPS) is 10.4. The quantitative estimate of drug-likeness (QED) is 0.390. The number of fused-ring (bicyclic) bond motifs is 1. The van der Waals surface area contributed by atoms with E-state index in [1.165, 1.54) is 18.8 Å². The van der Waals surface area contributed by atoms with Gasteiger partial charge in [0.05, 0.1) is 0 Å². The summed E-state index contributed by atoms with van der Waals surface area (Å²) in [5, 5.41) is 10.6. The molecule has 2 rings (SSSR count). The van der Waals surface area contributed by atoms with Gasteiger partial charge in [-0.25, -0.2) is 4.98 Å². The highest BCUT2D eigenvalue weighted by molar-refractivity contribution is 5.68. The summed E-state index contributed by atoms with van der Waals surface area (Å²) in [6, 6.07) is 1.58. The van der Waals surface area contributed by atoms with E-state index < -0.39 is 0 Å². The van der Waals surface area contributed by atoms with Crippen LogP contribution in [0, 0.1) is 5.21 Å². The van der Waals surface area contributed by atoms with Crippen LogP contribution >= 0.6 is 0 Å². The SMILES string of the molecule is [O-][n+]1ccc2ocnc2c1. The van der Waals surface area contributed by atoms with E-state index in [2.05, 4.69) is 4.98 Å². The molecule has 0 amide bonds. The molecule has 0 aliphatic heterocycles. The predicted octanol–water partition coefficient (Wildman–Crippen LogP) is 0.461. The average molecular weight is 136 g/mol. The summed E-state index contributed by atoms with van der Waals surface area (Å²) in [7, 11) is 0. The standard InChI is InChI=1S/C6H4N2O2/c9-8-2-1-6-5(3-8)7-4-10-6/h1-4H. The Morgan fingerprint density at radius 2 is 2.50 bits per heavy atom. The highest BCUT2D eigenvalue weighted by Crippen LogP contribution is 2.06. The van der Waals surface area contributed by atoms with Gasteiger partial charge in [-0.3, -0.25) is 0 Å². The summed E-state index contributed by atoms with van der Waals surface area (Å²) < 4.78 is 5.59. The fourth-order valence-corrected chi connectivity index (χ4v) is 0.790. The van der Waals surface area contributed by atoms with Gasteiger partial charge in [-0.15, -0.1) is 0 Å². The molecule has 0 atom stereocenters. The molecule has 10 heavy (non-hydrogen) atoms. The maximum Gasteiger partial charge on any atom is 0.210 e. The Kier molecular flexibility index (Phi) is 0.887. The third-order valence-corrected chi connectivity index (χ3v) is 1.25. The Bertz CT molecular complexity index is 355. The van der Waals surface area contributed by atoms with Gasteiger partial charge in [0, 0.05) is 6.07 Å². The first kappa shape index (κ1) is 5.22. The molecule has 0 fully saturated rings. The molecule has 0 aliphatic rings. The van der Waals surface area contributed by atoms with E-state index in [4.69, 9.17) is 4.42 Å². The minimum Gasteiger partial charge on any atom is -0.619 e. The average Bonchev–Trinajstić information content (AvgIpc) is 2.33. The summed E-state index contributed by atoms with van der Waals surface area (Å²) in [6.45, 7) is 0. The molecule has 0 N–H and O–H groups in total. The highest BCUT2D eigenvalue weighted by atomic mass is 16.5. The Balaban J connectivity index is 2.86. The summed E-state index contributed by atoms with van der Waals surface area (Å²) in [5.74, 6) is 0. The van der Waals surface area contributed by atoms with Crippen molar-refractivity contribution < 1.29 is 9.15 Å². The van der Waals surface area contributed by atoms with Crippen molar-refractivity contribution in [2.45, 2.75) is 0 Å². The lowest BCUT2D eigenvalue weighted by Gasteiger charge is -1.90. The van der Waals surface area contributed by atoms with Crippen LogP contribution in [0.3, 0.4) is 0 Å². The maximum atomic E-state index is 10.6. The van der Waals surface area contributed by atoms with Gasteiger partial charge >= 0.3 is 0 Å². The van der Waals surface area contributed by atoms with Crippen LogP contribution in [0.1, 0.15) is 0 Å². The van der Waals surface area contributed by atoms with Gasteiger partial charge in [-0.05, 0) is 0 Å². The van der Waals surface area contributed by atoms with Crippen molar-refractivity contribution in [1.82, 2.24) is 4.98 Å². The van der Waals surface area contributed by atoms with E-state index >= 15 is 0 Å². The van der Waals surface area contributed by atoms with Gasteiger partial charge in [0.1, 0.15) is 0 Å². The van der Waals surface area contributed by atoms with Crippen molar-refractivity contribution in [2.75, 3.05) is 0 Å². The van der Waals surface area contributed by atoms with E-state index in [0.29, 0.717) is 15.8 Å². The van der Waals surface area contributed by atoms with Gasteiger partial charge in [-0.1, -0.05) is 0 Å². The predicted molar refractivity (Wildman–Crippen MR) is 33.0 cm³/mol. The topological polar surface area (TPSA) is 53.0 Å². The van der Waals surface area contributed by atoms with Crippen molar-refractivity contribution in [1.29, 1.82) is 0 Å². The van der Waals surface area contributed by atoms with Crippen LogP contribution in [0.25, 0.3) is 11.1 Å². The van der Waals surface area contributed by atoms with E-state index in [9.17, 15) is 5.21 Å². The van der Waals surface area contributed by atoms with E-state index in [0.717, 1.165) is 0 Å². The first-order valence-electron chi connectivity index (χ1n) is 2.78. The Morgan fingerprint density at radius 1 is 1.60 bits per heavy atom. The number of hydrogen-bond acceptors (Lipinski definition) is 3. The molecule has 50 valence electrons. The minimum absolute atomic E-state index is 0.581. The number of hydrogen-bond donors (Lipinski definition) is 0. The smallest absolute Gasteiger partial charge is 0.210 e. The number of oxazole rings is 1. The zero-order chi connectivity index (χ0) is 6.97. The summed E-state index contributed by atoms with van der Waals surface area (Å²) in [6.07, 6.45) is 4.04. The fraction of sp³-hybridized carbons (Fsp3) is 0. The van der Waals surface area contributed by atoms with Crippen LogP contribution in [0.4, 0.5) is 0 Å². The maximum absolute atomic E-state index is 10.6. The fourth-order valence-electron chi connectivity index (χ4n) is 0.790. The molecule has 0 saturated heterocycles. The lowest BCUT2D eigenvalue weighted by atomic mass is 10.4. The zero-order valence-corrected chi connectivity index (χ0v) is 5.02. The molecule has 2 aromatic rings. The van der Waals surface area contributed by atoms with Gasteiger partial charge in [0.2, 0.25) is 6.20 Å². The van der Waals surface area contributed by atoms with Crippen molar-refractivity contribution >= 4 is 11.1 Å². The third kappa shape index (κ3) is 0.621. The van der Waals surface area contributed by atoms with Gasteiger partial charge in [-0.2, -0.15) is 4.73 Å². The summed E-state index contributed by atoms with van der Waals surface area (Å²) in [4.78, 5) is 3.79. The monoisotopic (exact) mass is 136 g/mol. The van der Waals surface area contributed by atoms with Crippen molar-refractivity contribution in [3.05, 3.63) is 30.1 Å². The second kappa shape index (κ2) is 1.70. The molecule has 0 saturated carbocycles. The number of pyridine rings is 1. The van der Waals surface area contributed by atoms with Crippen molar-refractivity contribution in [3.8, 4) is 0 Å². The summed E-state index contributed by atoms with van der Waals surface area (Å²) in [5.41, 5.74) is 1.21. The minimum atomic E-state index is 0.581. The lowest BCUT2D eigenvalue weighted by molar-refractivity contribution is -0.604. The first-order valence-corrected chi connectivity index (χ1v) is 2.78. The van der Waals surface area contributed by atoms with Crippen molar-refractivity contribution in [3.63, 3.8) is 0 Å². The first-order chi connectivity index (χ1) is 4.86. The second-order valence-electron chi connectivity index (χ2n) is 1.91.